The topological polar surface area (TPSA) is 61.0 Å². The molecule has 0 aliphatic carbocycles. The molecule has 1 atom stereocenters. The van der Waals surface area contributed by atoms with Gasteiger partial charge < -0.3 is 0 Å². The van der Waals surface area contributed by atoms with E-state index in [4.69, 9.17) is 0 Å². The molecule has 0 saturated heterocycles. The highest BCUT2D eigenvalue weighted by atomic mass is 79.9. The summed E-state index contributed by atoms with van der Waals surface area (Å²) >= 11 is 3.57. The van der Waals surface area contributed by atoms with E-state index in [0.717, 1.165) is 18.5 Å². The fraction of sp³-hybridized carbons (Fsp3) is 0.727. The molecule has 0 saturated carbocycles. The molecule has 0 bridgehead atoms. The van der Waals surface area contributed by atoms with E-state index in [2.05, 4.69) is 28.0 Å². The standard InChI is InChI=1S/C11H18BrN3O2/c1-4-6-9(12)7-10-11(15(16)17)8(3)13-14(10)5-2/h9H,4-7H2,1-3H3. The Morgan fingerprint density at radius 3 is 2.65 bits per heavy atom. The first kappa shape index (κ1) is 14.2. The molecule has 1 heterocycles. The zero-order chi connectivity index (χ0) is 13.0. The molecule has 6 heteroatoms. The SMILES string of the molecule is CCCC(Br)Cc1c([N+](=O)[O-])c(C)nn1CC. The van der Waals surface area contributed by atoms with E-state index in [1.165, 1.54) is 0 Å². The lowest BCUT2D eigenvalue weighted by Gasteiger charge is -2.09. The minimum Gasteiger partial charge on any atom is -0.262 e. The normalized spacial score (nSPS) is 12.7. The van der Waals surface area contributed by atoms with Crippen molar-refractivity contribution in [3.8, 4) is 0 Å². The predicted molar refractivity (Wildman–Crippen MR) is 70.6 cm³/mol. The molecule has 0 amide bonds. The number of nitro groups is 1. The molecule has 0 N–H and O–H groups in total. The lowest BCUT2D eigenvalue weighted by atomic mass is 10.1. The van der Waals surface area contributed by atoms with E-state index >= 15 is 0 Å². The summed E-state index contributed by atoms with van der Waals surface area (Å²) in [6, 6.07) is 0. The predicted octanol–water partition coefficient (Wildman–Crippen LogP) is 3.23. The van der Waals surface area contributed by atoms with Crippen molar-refractivity contribution in [2.24, 2.45) is 0 Å². The lowest BCUT2D eigenvalue weighted by molar-refractivity contribution is -0.386. The molecule has 5 nitrogen and oxygen atoms in total. The van der Waals surface area contributed by atoms with Crippen LogP contribution in [0.2, 0.25) is 0 Å². The van der Waals surface area contributed by atoms with Crippen LogP contribution in [0.3, 0.4) is 0 Å². The van der Waals surface area contributed by atoms with E-state index in [1.54, 1.807) is 11.6 Å². The molecule has 1 rings (SSSR count). The number of nitrogens with zero attached hydrogens (tertiary/aromatic N) is 3. The number of hydrogen-bond donors (Lipinski definition) is 0. The van der Waals surface area contributed by atoms with Gasteiger partial charge in [0.15, 0.2) is 0 Å². The maximum Gasteiger partial charge on any atom is 0.313 e. The maximum atomic E-state index is 11.0. The van der Waals surface area contributed by atoms with E-state index in [1.807, 2.05) is 6.92 Å². The number of rotatable bonds is 6. The van der Waals surface area contributed by atoms with E-state index < -0.39 is 0 Å². The van der Waals surface area contributed by atoms with Crippen molar-refractivity contribution in [1.82, 2.24) is 9.78 Å². The summed E-state index contributed by atoms with van der Waals surface area (Å²) in [5, 5.41) is 15.3. The Kier molecular flexibility index (Phi) is 5.11. The van der Waals surface area contributed by atoms with Crippen molar-refractivity contribution in [3.63, 3.8) is 0 Å². The molecule has 1 aromatic heterocycles. The van der Waals surface area contributed by atoms with Crippen LogP contribution in [0.15, 0.2) is 0 Å². The number of alkyl halides is 1. The average molecular weight is 304 g/mol. The van der Waals surface area contributed by atoms with E-state index in [-0.39, 0.29) is 15.4 Å². The van der Waals surface area contributed by atoms with Gasteiger partial charge in [-0.1, -0.05) is 29.3 Å². The van der Waals surface area contributed by atoms with Gasteiger partial charge in [-0.3, -0.25) is 14.8 Å². The van der Waals surface area contributed by atoms with Crippen LogP contribution < -0.4 is 0 Å². The first-order chi connectivity index (χ1) is 8.01. The van der Waals surface area contributed by atoms with Crippen LogP contribution in [-0.2, 0) is 13.0 Å². The molecule has 1 unspecified atom stereocenters. The molecular formula is C11H18BrN3O2. The Morgan fingerprint density at radius 1 is 1.53 bits per heavy atom. The molecule has 0 aromatic carbocycles. The van der Waals surface area contributed by atoms with Gasteiger partial charge in [0.2, 0.25) is 0 Å². The molecule has 0 spiro atoms. The number of hydrogen-bond acceptors (Lipinski definition) is 3. The van der Waals surface area contributed by atoms with Gasteiger partial charge in [-0.2, -0.15) is 5.10 Å². The third-order valence-electron chi connectivity index (χ3n) is 2.70. The number of aromatic nitrogens is 2. The van der Waals surface area contributed by atoms with Gasteiger partial charge in [0, 0.05) is 17.8 Å². The Hall–Kier alpha value is -0.910. The van der Waals surface area contributed by atoms with Crippen LogP contribution in [0.1, 0.15) is 38.1 Å². The van der Waals surface area contributed by atoms with Gasteiger partial charge in [0.05, 0.1) is 4.92 Å². The van der Waals surface area contributed by atoms with Gasteiger partial charge in [-0.15, -0.1) is 0 Å². The highest BCUT2D eigenvalue weighted by Crippen LogP contribution is 2.26. The quantitative estimate of drug-likeness (QED) is 0.460. The van der Waals surface area contributed by atoms with Gasteiger partial charge >= 0.3 is 5.69 Å². The summed E-state index contributed by atoms with van der Waals surface area (Å²) in [4.78, 5) is 11.0. The van der Waals surface area contributed by atoms with Gasteiger partial charge in [-0.05, 0) is 20.3 Å². The highest BCUT2D eigenvalue weighted by molar-refractivity contribution is 9.09. The Bertz CT molecular complexity index is 404. The summed E-state index contributed by atoms with van der Waals surface area (Å²) in [7, 11) is 0. The maximum absolute atomic E-state index is 11.0. The molecule has 0 radical (unpaired) electrons. The van der Waals surface area contributed by atoms with Crippen molar-refractivity contribution in [1.29, 1.82) is 0 Å². The van der Waals surface area contributed by atoms with Crippen molar-refractivity contribution >= 4 is 21.6 Å². The second-order valence-corrected chi connectivity index (χ2v) is 5.34. The zero-order valence-electron chi connectivity index (χ0n) is 10.4. The minimum atomic E-state index is -0.324. The fourth-order valence-corrected chi connectivity index (χ4v) is 2.71. The van der Waals surface area contributed by atoms with E-state index in [9.17, 15) is 10.1 Å². The number of halogens is 1. The summed E-state index contributed by atoms with van der Waals surface area (Å²) in [6.07, 6.45) is 2.72. The second kappa shape index (κ2) is 6.14. The minimum absolute atomic E-state index is 0.174. The zero-order valence-corrected chi connectivity index (χ0v) is 12.0. The van der Waals surface area contributed by atoms with Crippen LogP contribution in [0.5, 0.6) is 0 Å². The molecule has 0 aliphatic rings. The average Bonchev–Trinajstić information content (AvgIpc) is 2.55. The summed E-state index contributed by atoms with van der Waals surface area (Å²) in [6.45, 7) is 6.40. The Morgan fingerprint density at radius 2 is 2.18 bits per heavy atom. The Balaban J connectivity index is 3.06. The third-order valence-corrected chi connectivity index (χ3v) is 3.48. The van der Waals surface area contributed by atoms with E-state index in [0.29, 0.717) is 18.7 Å². The third kappa shape index (κ3) is 3.28. The van der Waals surface area contributed by atoms with Crippen LogP contribution in [-0.4, -0.2) is 19.5 Å². The van der Waals surface area contributed by atoms with Crippen molar-refractivity contribution < 1.29 is 4.92 Å². The Labute approximate surface area is 109 Å². The van der Waals surface area contributed by atoms with Crippen LogP contribution in [0.25, 0.3) is 0 Å². The van der Waals surface area contributed by atoms with Crippen molar-refractivity contribution in [3.05, 3.63) is 21.5 Å². The monoisotopic (exact) mass is 303 g/mol. The summed E-state index contributed by atoms with van der Waals surface area (Å²) in [5.74, 6) is 0. The van der Waals surface area contributed by atoms with Crippen LogP contribution in [0, 0.1) is 17.0 Å². The smallest absolute Gasteiger partial charge is 0.262 e. The first-order valence-electron chi connectivity index (χ1n) is 5.85. The summed E-state index contributed by atoms with van der Waals surface area (Å²) < 4.78 is 1.73. The molecule has 96 valence electrons. The van der Waals surface area contributed by atoms with Crippen molar-refractivity contribution in [2.75, 3.05) is 0 Å². The van der Waals surface area contributed by atoms with Gasteiger partial charge in [0.25, 0.3) is 0 Å². The molecule has 0 fully saturated rings. The lowest BCUT2D eigenvalue weighted by Crippen LogP contribution is -2.10. The summed E-state index contributed by atoms with van der Waals surface area (Å²) in [5.41, 5.74) is 1.40. The number of aryl methyl sites for hydroxylation is 2. The largest absolute Gasteiger partial charge is 0.313 e. The second-order valence-electron chi connectivity index (χ2n) is 4.04. The van der Waals surface area contributed by atoms with Crippen molar-refractivity contribution in [2.45, 2.75) is 51.4 Å². The molecule has 0 aliphatic heterocycles. The molecule has 1 aromatic rings. The first-order valence-corrected chi connectivity index (χ1v) is 6.77. The molecule has 17 heavy (non-hydrogen) atoms. The fourth-order valence-electron chi connectivity index (χ4n) is 1.95. The van der Waals surface area contributed by atoms with Gasteiger partial charge in [-0.25, -0.2) is 0 Å². The van der Waals surface area contributed by atoms with Crippen LogP contribution >= 0.6 is 15.9 Å². The van der Waals surface area contributed by atoms with Gasteiger partial charge in [0.1, 0.15) is 11.4 Å². The highest BCUT2D eigenvalue weighted by Gasteiger charge is 2.25. The van der Waals surface area contributed by atoms with Crippen LogP contribution in [0.4, 0.5) is 5.69 Å². The molecular weight excluding hydrogens is 286 g/mol.